The maximum absolute atomic E-state index is 12.7. The Labute approximate surface area is 197 Å². The van der Waals surface area contributed by atoms with Crippen LogP contribution in [0.1, 0.15) is 50.5 Å². The van der Waals surface area contributed by atoms with Gasteiger partial charge in [-0.25, -0.2) is 9.59 Å². The summed E-state index contributed by atoms with van der Waals surface area (Å²) in [5.41, 5.74) is 7.99. The lowest BCUT2D eigenvalue weighted by Crippen LogP contribution is -2.46. The highest BCUT2D eigenvalue weighted by Gasteiger charge is 2.33. The summed E-state index contributed by atoms with van der Waals surface area (Å²) in [5.74, 6) is -0.759. The Morgan fingerprint density at radius 2 is 1.79 bits per heavy atom. The monoisotopic (exact) mass is 474 g/mol. The molecule has 2 fully saturated rings. The maximum atomic E-state index is 12.7. The molecule has 12 heteroatoms. The largest absolute Gasteiger partial charge is 0.462 e. The average molecular weight is 475 g/mol. The number of primary amides is 1. The van der Waals surface area contributed by atoms with E-state index in [1.165, 1.54) is 11.3 Å². The van der Waals surface area contributed by atoms with Gasteiger partial charge in [-0.2, -0.15) is 5.48 Å². The number of benzene rings is 1. The number of urea groups is 1. The molecule has 0 aromatic heterocycles. The van der Waals surface area contributed by atoms with Gasteiger partial charge in [0.25, 0.3) is 0 Å². The van der Waals surface area contributed by atoms with Gasteiger partial charge in [-0.05, 0) is 56.4 Å². The predicted molar refractivity (Wildman–Crippen MR) is 122 cm³/mol. The first kappa shape index (κ1) is 24.8. The molecule has 4 amide bonds. The Morgan fingerprint density at radius 1 is 1.09 bits per heavy atom. The van der Waals surface area contributed by atoms with E-state index in [1.54, 1.807) is 24.3 Å². The zero-order valence-corrected chi connectivity index (χ0v) is 18.8. The second-order valence-electron chi connectivity index (χ2n) is 8.18. The minimum atomic E-state index is -1.06. The molecule has 1 aliphatic carbocycles. The minimum absolute atomic E-state index is 0.0171. The number of hydrogen-bond acceptors (Lipinski definition) is 7. The van der Waals surface area contributed by atoms with Gasteiger partial charge in [0.2, 0.25) is 5.91 Å². The summed E-state index contributed by atoms with van der Waals surface area (Å²) >= 11 is 0. The standard InChI is InChI=1S/C22H30N6O6/c23-19(27-34-21(24)31)14-6-8-15(9-7-14)28-13-11-17(20(28)30)26-22(32)25-12-10-18(29)33-16-4-2-1-3-5-16/h6-9,16-17H,1-5,10-13H2,(H2,23,27)(H2,24,31)(H2,25,26,32)/t17-/m0/s1. The second-order valence-corrected chi connectivity index (χ2v) is 8.18. The van der Waals surface area contributed by atoms with Crippen LogP contribution in [0.5, 0.6) is 0 Å². The van der Waals surface area contributed by atoms with E-state index >= 15 is 0 Å². The van der Waals surface area contributed by atoms with Crippen molar-refractivity contribution in [2.75, 3.05) is 18.0 Å². The van der Waals surface area contributed by atoms with Gasteiger partial charge in [0, 0.05) is 24.3 Å². The Bertz CT molecular complexity index is 915. The van der Waals surface area contributed by atoms with Crippen molar-refractivity contribution in [3.8, 4) is 0 Å². The van der Waals surface area contributed by atoms with Crippen LogP contribution in [0, 0.1) is 5.41 Å². The highest BCUT2D eigenvalue weighted by atomic mass is 16.7. The molecule has 12 nitrogen and oxygen atoms in total. The van der Waals surface area contributed by atoms with Crippen molar-refractivity contribution in [2.45, 2.75) is 57.1 Å². The lowest BCUT2D eigenvalue weighted by Gasteiger charge is -2.21. The number of nitrogens with zero attached hydrogens (tertiary/aromatic N) is 1. The first-order chi connectivity index (χ1) is 16.3. The van der Waals surface area contributed by atoms with Crippen molar-refractivity contribution in [2.24, 2.45) is 5.73 Å². The van der Waals surface area contributed by atoms with Gasteiger partial charge in [0.15, 0.2) is 5.84 Å². The van der Waals surface area contributed by atoms with Crippen LogP contribution < -0.4 is 26.7 Å². The van der Waals surface area contributed by atoms with Crippen LogP contribution in [0.3, 0.4) is 0 Å². The number of rotatable bonds is 7. The van der Waals surface area contributed by atoms with Gasteiger partial charge in [0.1, 0.15) is 12.1 Å². The Morgan fingerprint density at radius 3 is 2.47 bits per heavy atom. The molecule has 1 aromatic rings. The van der Waals surface area contributed by atoms with E-state index in [0.29, 0.717) is 24.2 Å². The highest BCUT2D eigenvalue weighted by Crippen LogP contribution is 2.22. The van der Waals surface area contributed by atoms with Crippen LogP contribution >= 0.6 is 0 Å². The molecule has 34 heavy (non-hydrogen) atoms. The summed E-state index contributed by atoms with van der Waals surface area (Å²) < 4.78 is 5.42. The SMILES string of the molecule is N=C(NOC(N)=O)c1ccc(N2CC[C@H](NC(=O)NCCC(=O)OC3CCCCC3)C2=O)cc1. The summed E-state index contributed by atoms with van der Waals surface area (Å²) in [5, 5.41) is 13.0. The fraction of sp³-hybridized carbons (Fsp3) is 0.500. The van der Waals surface area contributed by atoms with Crippen molar-refractivity contribution in [1.29, 1.82) is 5.41 Å². The van der Waals surface area contributed by atoms with E-state index in [-0.39, 0.29) is 36.8 Å². The van der Waals surface area contributed by atoms with E-state index in [0.717, 1.165) is 25.7 Å². The number of hydrogen-bond donors (Lipinski definition) is 5. The number of ether oxygens (including phenoxy) is 1. The number of carbonyl (C=O) groups excluding carboxylic acids is 4. The van der Waals surface area contributed by atoms with Crippen LogP contribution in [0.2, 0.25) is 0 Å². The molecular formula is C22H30N6O6. The van der Waals surface area contributed by atoms with Crippen LogP contribution in [0.15, 0.2) is 24.3 Å². The van der Waals surface area contributed by atoms with Crippen LogP contribution in [-0.2, 0) is 19.2 Å². The summed E-state index contributed by atoms with van der Waals surface area (Å²) in [6.45, 7) is 0.542. The molecule has 1 atom stereocenters. The van der Waals surface area contributed by atoms with Crippen LogP contribution in [0.25, 0.3) is 0 Å². The topological polar surface area (TPSA) is 176 Å². The molecule has 0 spiro atoms. The smallest absolute Gasteiger partial charge is 0.428 e. The van der Waals surface area contributed by atoms with Gasteiger partial charge >= 0.3 is 18.1 Å². The fourth-order valence-corrected chi connectivity index (χ4v) is 3.95. The Kier molecular flexibility index (Phi) is 8.66. The van der Waals surface area contributed by atoms with Crippen molar-refractivity contribution in [1.82, 2.24) is 16.1 Å². The van der Waals surface area contributed by atoms with E-state index in [9.17, 15) is 19.2 Å². The molecule has 1 aliphatic heterocycles. The molecule has 1 aromatic carbocycles. The molecule has 1 heterocycles. The number of carbonyl (C=O) groups is 4. The summed E-state index contributed by atoms with van der Waals surface area (Å²) in [6, 6.07) is 5.26. The average Bonchev–Trinajstić information content (AvgIpc) is 3.18. The number of esters is 1. The molecule has 3 rings (SSSR count). The van der Waals surface area contributed by atoms with Gasteiger partial charge in [-0.15, -0.1) is 0 Å². The first-order valence-electron chi connectivity index (χ1n) is 11.3. The zero-order chi connectivity index (χ0) is 24.5. The van der Waals surface area contributed by atoms with Crippen molar-refractivity contribution < 1.29 is 28.8 Å². The molecule has 0 radical (unpaired) electrons. The second kappa shape index (κ2) is 11.9. The number of amides is 4. The Balaban J connectivity index is 1.40. The maximum Gasteiger partial charge on any atom is 0.428 e. The highest BCUT2D eigenvalue weighted by molar-refractivity contribution is 6.02. The van der Waals surface area contributed by atoms with E-state index < -0.39 is 18.2 Å². The molecular weight excluding hydrogens is 444 g/mol. The third-order valence-electron chi connectivity index (χ3n) is 5.70. The summed E-state index contributed by atoms with van der Waals surface area (Å²) in [7, 11) is 0. The Hall–Kier alpha value is -3.83. The van der Waals surface area contributed by atoms with Gasteiger partial charge in [-0.1, -0.05) is 6.42 Å². The number of anilines is 1. The van der Waals surface area contributed by atoms with E-state index in [2.05, 4.69) is 21.0 Å². The van der Waals surface area contributed by atoms with E-state index in [1.807, 2.05) is 0 Å². The van der Waals surface area contributed by atoms with Gasteiger partial charge in [0.05, 0.1) is 6.42 Å². The number of amidine groups is 1. The van der Waals surface area contributed by atoms with E-state index in [4.69, 9.17) is 15.9 Å². The lowest BCUT2D eigenvalue weighted by molar-refractivity contribution is -0.150. The minimum Gasteiger partial charge on any atom is -0.462 e. The molecule has 2 aliphatic rings. The first-order valence-corrected chi connectivity index (χ1v) is 11.3. The van der Waals surface area contributed by atoms with Crippen LogP contribution in [0.4, 0.5) is 15.3 Å². The van der Waals surface area contributed by atoms with Crippen molar-refractivity contribution in [3.63, 3.8) is 0 Å². The molecule has 0 bridgehead atoms. The zero-order valence-electron chi connectivity index (χ0n) is 18.8. The summed E-state index contributed by atoms with van der Waals surface area (Å²) in [6.07, 6.45) is 4.54. The van der Waals surface area contributed by atoms with Crippen molar-refractivity contribution >= 4 is 35.5 Å². The normalized spacial score (nSPS) is 18.2. The molecule has 1 saturated carbocycles. The molecule has 1 saturated heterocycles. The van der Waals surface area contributed by atoms with Crippen molar-refractivity contribution in [3.05, 3.63) is 29.8 Å². The third-order valence-corrected chi connectivity index (χ3v) is 5.70. The third kappa shape index (κ3) is 7.09. The predicted octanol–water partition coefficient (Wildman–Crippen LogP) is 1.28. The molecule has 0 unspecified atom stereocenters. The fourth-order valence-electron chi connectivity index (χ4n) is 3.95. The van der Waals surface area contributed by atoms with Gasteiger partial charge < -0.3 is 30.8 Å². The molecule has 6 N–H and O–H groups in total. The summed E-state index contributed by atoms with van der Waals surface area (Å²) in [4.78, 5) is 53.3. The number of nitrogens with one attached hydrogen (secondary N) is 4. The number of nitrogens with two attached hydrogens (primary N) is 1. The quantitative estimate of drug-likeness (QED) is 0.171. The lowest BCUT2D eigenvalue weighted by atomic mass is 9.98. The molecule has 184 valence electrons. The van der Waals surface area contributed by atoms with Gasteiger partial charge in [-0.3, -0.25) is 15.0 Å². The number of hydroxylamine groups is 1. The van der Waals surface area contributed by atoms with Crippen LogP contribution in [-0.4, -0.2) is 55.1 Å².